The van der Waals surface area contributed by atoms with E-state index in [2.05, 4.69) is 18.9 Å². The lowest BCUT2D eigenvalue weighted by Crippen LogP contribution is -2.38. The van der Waals surface area contributed by atoms with Gasteiger partial charge in [0.1, 0.15) is 5.60 Å². The van der Waals surface area contributed by atoms with Gasteiger partial charge >= 0.3 is 6.09 Å². The van der Waals surface area contributed by atoms with Crippen molar-refractivity contribution in [3.63, 3.8) is 0 Å². The first kappa shape index (κ1) is 15.6. The van der Waals surface area contributed by atoms with Crippen molar-refractivity contribution in [1.82, 2.24) is 9.80 Å². The Bertz CT molecular complexity index is 347. The third kappa shape index (κ3) is 4.37. The van der Waals surface area contributed by atoms with E-state index in [0.717, 1.165) is 32.0 Å². The third-order valence-corrected chi connectivity index (χ3v) is 4.48. The van der Waals surface area contributed by atoms with Crippen LogP contribution in [-0.4, -0.2) is 54.2 Å². The Hall–Kier alpha value is -0.770. The zero-order valence-electron chi connectivity index (χ0n) is 13.7. The van der Waals surface area contributed by atoms with E-state index in [1.54, 1.807) is 0 Å². The van der Waals surface area contributed by atoms with Crippen molar-refractivity contribution < 1.29 is 9.53 Å². The number of ether oxygens (including phenoxy) is 1. The molecule has 2 aliphatic rings. The first-order chi connectivity index (χ1) is 9.26. The van der Waals surface area contributed by atoms with Crippen LogP contribution in [0.5, 0.6) is 0 Å². The van der Waals surface area contributed by atoms with Crippen molar-refractivity contribution in [2.75, 3.05) is 26.7 Å². The molecule has 1 aliphatic heterocycles. The molecule has 1 saturated carbocycles. The monoisotopic (exact) mass is 282 g/mol. The van der Waals surface area contributed by atoms with E-state index in [1.165, 1.54) is 12.8 Å². The van der Waals surface area contributed by atoms with Crippen molar-refractivity contribution in [3.05, 3.63) is 0 Å². The zero-order chi connectivity index (χ0) is 14.9. The molecular formula is C16H30N2O2. The predicted octanol–water partition coefficient (Wildman–Crippen LogP) is 2.97. The molecule has 2 fully saturated rings. The summed E-state index contributed by atoms with van der Waals surface area (Å²) in [5, 5.41) is 0. The molecule has 4 nitrogen and oxygen atoms in total. The Morgan fingerprint density at radius 3 is 2.55 bits per heavy atom. The van der Waals surface area contributed by atoms with E-state index in [-0.39, 0.29) is 6.09 Å². The van der Waals surface area contributed by atoms with Gasteiger partial charge in [-0.1, -0.05) is 0 Å². The molecule has 116 valence electrons. The summed E-state index contributed by atoms with van der Waals surface area (Å²) in [6, 6.07) is 0.686. The summed E-state index contributed by atoms with van der Waals surface area (Å²) in [6.45, 7) is 10.9. The van der Waals surface area contributed by atoms with Gasteiger partial charge in [-0.15, -0.1) is 0 Å². The van der Waals surface area contributed by atoms with Crippen molar-refractivity contribution in [2.24, 2.45) is 11.8 Å². The third-order valence-electron chi connectivity index (χ3n) is 4.48. The van der Waals surface area contributed by atoms with E-state index < -0.39 is 5.60 Å². The molecule has 1 heterocycles. The highest BCUT2D eigenvalue weighted by Crippen LogP contribution is 2.35. The van der Waals surface area contributed by atoms with Crippen LogP contribution >= 0.6 is 0 Å². The summed E-state index contributed by atoms with van der Waals surface area (Å²) >= 11 is 0. The SMILES string of the molecule is CC(C1CC1)N(C)CC1CCN(C(=O)OC(C)(C)C)C1. The number of hydrogen-bond acceptors (Lipinski definition) is 3. The largest absolute Gasteiger partial charge is 0.444 e. The van der Waals surface area contributed by atoms with Gasteiger partial charge in [0.05, 0.1) is 0 Å². The minimum Gasteiger partial charge on any atom is -0.444 e. The molecule has 0 spiro atoms. The molecule has 0 aromatic heterocycles. The molecule has 1 amide bonds. The molecule has 2 unspecified atom stereocenters. The van der Waals surface area contributed by atoms with Crippen LogP contribution in [0, 0.1) is 11.8 Å². The van der Waals surface area contributed by atoms with E-state index in [1.807, 2.05) is 25.7 Å². The molecule has 20 heavy (non-hydrogen) atoms. The maximum Gasteiger partial charge on any atom is 0.410 e. The normalized spacial score (nSPS) is 25.1. The molecule has 2 rings (SSSR count). The Labute approximate surface area is 123 Å². The van der Waals surface area contributed by atoms with Crippen molar-refractivity contribution in [1.29, 1.82) is 0 Å². The number of carbonyl (C=O) groups excluding carboxylic acids is 1. The van der Waals surface area contributed by atoms with Gasteiger partial charge in [0.25, 0.3) is 0 Å². The number of nitrogens with zero attached hydrogens (tertiary/aromatic N) is 2. The summed E-state index contributed by atoms with van der Waals surface area (Å²) < 4.78 is 5.44. The zero-order valence-corrected chi connectivity index (χ0v) is 13.7. The fourth-order valence-electron chi connectivity index (χ4n) is 2.99. The van der Waals surface area contributed by atoms with Gasteiger partial charge in [-0.25, -0.2) is 4.79 Å². The van der Waals surface area contributed by atoms with Crippen molar-refractivity contribution >= 4 is 6.09 Å². The van der Waals surface area contributed by atoms with Gasteiger partial charge in [-0.05, 0) is 65.8 Å². The average molecular weight is 282 g/mol. The number of rotatable bonds is 4. The number of amides is 1. The van der Waals surface area contributed by atoms with Crippen LogP contribution in [0.25, 0.3) is 0 Å². The van der Waals surface area contributed by atoms with Gasteiger partial charge in [-0.3, -0.25) is 0 Å². The molecule has 1 aliphatic carbocycles. The second-order valence-corrected chi connectivity index (χ2v) is 7.60. The molecule has 2 atom stereocenters. The molecule has 1 saturated heterocycles. The predicted molar refractivity (Wildman–Crippen MR) is 80.7 cm³/mol. The summed E-state index contributed by atoms with van der Waals surface area (Å²) in [5.41, 5.74) is -0.396. The van der Waals surface area contributed by atoms with E-state index in [9.17, 15) is 4.79 Å². The summed E-state index contributed by atoms with van der Waals surface area (Å²) in [7, 11) is 2.22. The molecule has 4 heteroatoms. The average Bonchev–Trinajstić information content (AvgIpc) is 3.06. The van der Waals surface area contributed by atoms with Crippen LogP contribution in [-0.2, 0) is 4.74 Å². The first-order valence-electron chi connectivity index (χ1n) is 7.94. The second-order valence-electron chi connectivity index (χ2n) is 7.60. The van der Waals surface area contributed by atoms with Gasteiger partial charge in [0.15, 0.2) is 0 Å². The van der Waals surface area contributed by atoms with E-state index in [4.69, 9.17) is 4.74 Å². The highest BCUT2D eigenvalue weighted by molar-refractivity contribution is 5.68. The van der Waals surface area contributed by atoms with Crippen molar-refractivity contribution in [2.45, 2.75) is 58.6 Å². The van der Waals surface area contributed by atoms with Crippen LogP contribution in [0.15, 0.2) is 0 Å². The first-order valence-corrected chi connectivity index (χ1v) is 7.94. The molecular weight excluding hydrogens is 252 g/mol. The fourth-order valence-corrected chi connectivity index (χ4v) is 2.99. The highest BCUT2D eigenvalue weighted by Gasteiger charge is 2.34. The maximum absolute atomic E-state index is 12.0. The number of hydrogen-bond donors (Lipinski definition) is 0. The maximum atomic E-state index is 12.0. The summed E-state index contributed by atoms with van der Waals surface area (Å²) in [4.78, 5) is 16.4. The van der Waals surface area contributed by atoms with E-state index >= 15 is 0 Å². The number of carbonyl (C=O) groups is 1. The van der Waals surface area contributed by atoms with Crippen LogP contribution < -0.4 is 0 Å². The molecule has 0 bridgehead atoms. The lowest BCUT2D eigenvalue weighted by Gasteiger charge is -2.28. The Balaban J connectivity index is 1.75. The standard InChI is InChI=1S/C16H30N2O2/c1-12(14-6-7-14)17(5)10-13-8-9-18(11-13)15(19)20-16(2,3)4/h12-14H,6-11H2,1-5H3. The van der Waals surface area contributed by atoms with Crippen LogP contribution in [0.4, 0.5) is 4.79 Å². The van der Waals surface area contributed by atoms with Gasteiger partial charge in [0.2, 0.25) is 0 Å². The minimum absolute atomic E-state index is 0.155. The number of likely N-dealkylation sites (tertiary alicyclic amines) is 1. The molecule has 0 aromatic carbocycles. The quantitative estimate of drug-likeness (QED) is 0.794. The van der Waals surface area contributed by atoms with E-state index in [0.29, 0.717) is 12.0 Å². The van der Waals surface area contributed by atoms with Crippen LogP contribution in [0.2, 0.25) is 0 Å². The van der Waals surface area contributed by atoms with Gasteiger partial charge in [-0.2, -0.15) is 0 Å². The highest BCUT2D eigenvalue weighted by atomic mass is 16.6. The van der Waals surface area contributed by atoms with Crippen LogP contribution in [0.3, 0.4) is 0 Å². The topological polar surface area (TPSA) is 32.8 Å². The molecule has 0 radical (unpaired) electrons. The lowest BCUT2D eigenvalue weighted by atomic mass is 10.1. The molecule has 0 N–H and O–H groups in total. The van der Waals surface area contributed by atoms with Crippen molar-refractivity contribution in [3.8, 4) is 0 Å². The van der Waals surface area contributed by atoms with Crippen LogP contribution in [0.1, 0.15) is 47.0 Å². The van der Waals surface area contributed by atoms with Gasteiger partial charge < -0.3 is 14.5 Å². The Morgan fingerprint density at radius 1 is 1.35 bits per heavy atom. The van der Waals surface area contributed by atoms with Gasteiger partial charge in [0, 0.05) is 25.7 Å². The Kier molecular flexibility index (Phi) is 4.62. The summed E-state index contributed by atoms with van der Waals surface area (Å²) in [5.74, 6) is 1.50. The smallest absolute Gasteiger partial charge is 0.410 e. The lowest BCUT2D eigenvalue weighted by molar-refractivity contribution is 0.0284. The Morgan fingerprint density at radius 2 is 2.00 bits per heavy atom. The second kappa shape index (κ2) is 5.92. The molecule has 0 aromatic rings. The summed E-state index contributed by atoms with van der Waals surface area (Å²) in [6.07, 6.45) is 3.72. The minimum atomic E-state index is -0.396. The fraction of sp³-hybridized carbons (Fsp3) is 0.938.